The molecule has 2 rings (SSSR count). The molecule has 0 aliphatic rings. The van der Waals surface area contributed by atoms with Crippen LogP contribution >= 0.6 is 23.4 Å². The Hall–Kier alpha value is -1.93. The molecule has 0 amide bonds. The molecule has 1 aromatic carbocycles. The van der Waals surface area contributed by atoms with Gasteiger partial charge < -0.3 is 10.4 Å². The molecule has 0 spiro atoms. The maximum atomic E-state index is 12.6. The standard InChI is InChI=1S/C15H12ClF3N2O2S/c1-8(14(22)23)21-10-2-4-11(5-3-10)24-13-12(16)6-9(7-20-13)15(17,18)19/h2-8,21H,1H3,(H,22,23). The number of pyridine rings is 1. The van der Waals surface area contributed by atoms with Crippen molar-refractivity contribution in [3.05, 3.63) is 47.1 Å². The van der Waals surface area contributed by atoms with Gasteiger partial charge in [0.05, 0.1) is 10.6 Å². The van der Waals surface area contributed by atoms with E-state index in [0.717, 1.165) is 24.0 Å². The van der Waals surface area contributed by atoms with Gasteiger partial charge in [0.25, 0.3) is 0 Å². The quantitative estimate of drug-likeness (QED) is 0.785. The molecular weight excluding hydrogens is 365 g/mol. The Balaban J connectivity index is 2.10. The highest BCUT2D eigenvalue weighted by atomic mass is 35.5. The van der Waals surface area contributed by atoms with Crippen molar-refractivity contribution in [2.75, 3.05) is 5.32 Å². The number of nitrogens with one attached hydrogen (secondary N) is 1. The van der Waals surface area contributed by atoms with Crippen LogP contribution in [-0.4, -0.2) is 22.1 Å². The Bertz CT molecular complexity index is 738. The summed E-state index contributed by atoms with van der Waals surface area (Å²) in [7, 11) is 0. The third-order valence-corrected chi connectivity index (χ3v) is 4.38. The van der Waals surface area contributed by atoms with Crippen LogP contribution in [0.25, 0.3) is 0 Å². The van der Waals surface area contributed by atoms with Gasteiger partial charge in [-0.15, -0.1) is 0 Å². The molecule has 0 saturated carbocycles. The zero-order valence-electron chi connectivity index (χ0n) is 12.3. The van der Waals surface area contributed by atoms with Crippen LogP contribution in [0.2, 0.25) is 5.02 Å². The molecule has 0 fully saturated rings. The number of carbonyl (C=O) groups is 1. The van der Waals surface area contributed by atoms with Crippen LogP contribution in [0.4, 0.5) is 18.9 Å². The molecule has 1 aromatic heterocycles. The number of rotatable bonds is 5. The smallest absolute Gasteiger partial charge is 0.417 e. The molecule has 1 unspecified atom stereocenters. The molecule has 1 heterocycles. The van der Waals surface area contributed by atoms with Gasteiger partial charge in [-0.2, -0.15) is 13.2 Å². The Morgan fingerprint density at radius 3 is 2.46 bits per heavy atom. The molecule has 0 saturated heterocycles. The summed E-state index contributed by atoms with van der Waals surface area (Å²) in [6, 6.07) is 6.81. The van der Waals surface area contributed by atoms with E-state index in [2.05, 4.69) is 10.3 Å². The lowest BCUT2D eigenvalue weighted by Gasteiger charge is -2.11. The van der Waals surface area contributed by atoms with Gasteiger partial charge >= 0.3 is 12.1 Å². The topological polar surface area (TPSA) is 62.2 Å². The second-order valence-electron chi connectivity index (χ2n) is 4.84. The molecular formula is C15H12ClF3N2O2S. The van der Waals surface area contributed by atoms with Crippen LogP contribution in [0.5, 0.6) is 0 Å². The number of hydrogen-bond donors (Lipinski definition) is 2. The van der Waals surface area contributed by atoms with E-state index in [1.165, 1.54) is 6.92 Å². The third-order valence-electron chi connectivity index (χ3n) is 2.96. The molecule has 1 atom stereocenters. The van der Waals surface area contributed by atoms with E-state index in [9.17, 15) is 18.0 Å². The number of alkyl halides is 3. The lowest BCUT2D eigenvalue weighted by atomic mass is 10.2. The van der Waals surface area contributed by atoms with Crippen molar-refractivity contribution in [2.24, 2.45) is 0 Å². The van der Waals surface area contributed by atoms with Crippen LogP contribution < -0.4 is 5.32 Å². The SMILES string of the molecule is CC(Nc1ccc(Sc2ncc(C(F)(F)F)cc2Cl)cc1)C(=O)O. The van der Waals surface area contributed by atoms with Gasteiger partial charge in [-0.05, 0) is 37.3 Å². The molecule has 0 aliphatic heterocycles. The summed E-state index contributed by atoms with van der Waals surface area (Å²) in [6.45, 7) is 1.51. The third kappa shape index (κ3) is 4.78. The van der Waals surface area contributed by atoms with E-state index in [0.29, 0.717) is 10.6 Å². The van der Waals surface area contributed by atoms with Crippen molar-refractivity contribution in [3.63, 3.8) is 0 Å². The fraction of sp³-hybridized carbons (Fsp3) is 0.200. The Kier molecular flexibility index (Phi) is 5.61. The predicted molar refractivity (Wildman–Crippen MR) is 85.5 cm³/mol. The van der Waals surface area contributed by atoms with Gasteiger partial charge in [0.15, 0.2) is 0 Å². The first-order valence-electron chi connectivity index (χ1n) is 6.67. The molecule has 0 radical (unpaired) electrons. The zero-order valence-corrected chi connectivity index (χ0v) is 13.8. The summed E-state index contributed by atoms with van der Waals surface area (Å²) in [5, 5.41) is 11.8. The number of nitrogens with zero attached hydrogens (tertiary/aromatic N) is 1. The maximum absolute atomic E-state index is 12.6. The number of anilines is 1. The number of aliphatic carboxylic acids is 1. The lowest BCUT2D eigenvalue weighted by Crippen LogP contribution is -2.25. The fourth-order valence-corrected chi connectivity index (χ4v) is 2.74. The minimum absolute atomic E-state index is 0.0866. The van der Waals surface area contributed by atoms with Crippen molar-refractivity contribution in [1.82, 2.24) is 4.98 Å². The Morgan fingerprint density at radius 2 is 1.96 bits per heavy atom. The predicted octanol–water partition coefficient (Wildman–Crippen LogP) is 4.79. The van der Waals surface area contributed by atoms with E-state index >= 15 is 0 Å². The first-order valence-corrected chi connectivity index (χ1v) is 7.86. The maximum Gasteiger partial charge on any atom is 0.417 e. The number of benzene rings is 1. The normalized spacial score (nSPS) is 12.7. The van der Waals surface area contributed by atoms with Gasteiger partial charge in [-0.25, -0.2) is 4.98 Å². The van der Waals surface area contributed by atoms with Crippen LogP contribution in [0.3, 0.4) is 0 Å². The fourth-order valence-electron chi connectivity index (χ4n) is 1.70. The summed E-state index contributed by atoms with van der Waals surface area (Å²) in [4.78, 5) is 15.2. The van der Waals surface area contributed by atoms with Crippen LogP contribution in [0.1, 0.15) is 12.5 Å². The number of aromatic nitrogens is 1. The average Bonchev–Trinajstić information content (AvgIpc) is 2.50. The second-order valence-corrected chi connectivity index (χ2v) is 6.31. The molecule has 2 N–H and O–H groups in total. The van der Waals surface area contributed by atoms with Crippen molar-refractivity contribution < 1.29 is 23.1 Å². The Morgan fingerprint density at radius 1 is 1.33 bits per heavy atom. The highest BCUT2D eigenvalue weighted by Crippen LogP contribution is 2.36. The van der Waals surface area contributed by atoms with Crippen molar-refractivity contribution in [3.8, 4) is 0 Å². The molecule has 0 bridgehead atoms. The zero-order chi connectivity index (χ0) is 17.9. The molecule has 9 heteroatoms. The van der Waals surface area contributed by atoms with E-state index in [4.69, 9.17) is 16.7 Å². The van der Waals surface area contributed by atoms with Crippen LogP contribution in [0.15, 0.2) is 46.5 Å². The molecule has 0 aliphatic carbocycles. The number of carboxylic acids is 1. The van der Waals surface area contributed by atoms with Crippen LogP contribution in [-0.2, 0) is 11.0 Å². The van der Waals surface area contributed by atoms with Gasteiger partial charge in [-0.3, -0.25) is 4.79 Å². The van der Waals surface area contributed by atoms with Crippen molar-refractivity contribution in [2.45, 2.75) is 29.1 Å². The van der Waals surface area contributed by atoms with Gasteiger partial charge in [0.1, 0.15) is 11.1 Å². The summed E-state index contributed by atoms with van der Waals surface area (Å²) >= 11 is 6.97. The summed E-state index contributed by atoms with van der Waals surface area (Å²) in [5.41, 5.74) is -0.292. The van der Waals surface area contributed by atoms with Crippen molar-refractivity contribution >= 4 is 35.0 Å². The minimum Gasteiger partial charge on any atom is -0.480 e. The second kappa shape index (κ2) is 7.31. The van der Waals surface area contributed by atoms with E-state index in [1.807, 2.05) is 0 Å². The van der Waals surface area contributed by atoms with Crippen LogP contribution in [0, 0.1) is 0 Å². The van der Waals surface area contributed by atoms with Gasteiger partial charge in [0.2, 0.25) is 0 Å². The molecule has 24 heavy (non-hydrogen) atoms. The summed E-state index contributed by atoms with van der Waals surface area (Å²) in [5.74, 6) is -0.978. The first kappa shape index (κ1) is 18.4. The summed E-state index contributed by atoms with van der Waals surface area (Å²) < 4.78 is 37.7. The Labute approximate surface area is 145 Å². The number of carboxylic acid groups (broad SMARTS) is 1. The molecule has 128 valence electrons. The summed E-state index contributed by atoms with van der Waals surface area (Å²) in [6.07, 6.45) is -3.76. The monoisotopic (exact) mass is 376 g/mol. The average molecular weight is 377 g/mol. The van der Waals surface area contributed by atoms with E-state index in [1.54, 1.807) is 24.3 Å². The first-order chi connectivity index (χ1) is 11.2. The largest absolute Gasteiger partial charge is 0.480 e. The molecule has 2 aromatic rings. The highest BCUT2D eigenvalue weighted by molar-refractivity contribution is 7.99. The highest BCUT2D eigenvalue weighted by Gasteiger charge is 2.31. The van der Waals surface area contributed by atoms with Gasteiger partial charge in [-0.1, -0.05) is 23.4 Å². The van der Waals surface area contributed by atoms with E-state index in [-0.39, 0.29) is 10.0 Å². The van der Waals surface area contributed by atoms with Crippen molar-refractivity contribution in [1.29, 1.82) is 0 Å². The number of halogens is 4. The van der Waals surface area contributed by atoms with Gasteiger partial charge in [0, 0.05) is 16.8 Å². The van der Waals surface area contributed by atoms with E-state index < -0.39 is 23.8 Å². The minimum atomic E-state index is -4.49. The number of hydrogen-bond acceptors (Lipinski definition) is 4. The lowest BCUT2D eigenvalue weighted by molar-refractivity contribution is -0.138. The molecule has 4 nitrogen and oxygen atoms in total.